The number of anilines is 1. The number of aromatic nitrogens is 2. The van der Waals surface area contributed by atoms with Crippen LogP contribution in [-0.4, -0.2) is 9.97 Å². The molecule has 0 radical (unpaired) electrons. The largest absolute Gasteiger partial charge is 0.382 e. The molecule has 2 rings (SSSR count). The van der Waals surface area contributed by atoms with E-state index in [1.54, 1.807) is 24.2 Å². The van der Waals surface area contributed by atoms with Crippen LogP contribution < -0.4 is 5.73 Å². The van der Waals surface area contributed by atoms with Crippen molar-refractivity contribution in [2.24, 2.45) is 0 Å². The van der Waals surface area contributed by atoms with Crippen molar-refractivity contribution in [3.05, 3.63) is 47.4 Å². The molecule has 1 aromatic carbocycles. The molecule has 0 spiro atoms. The van der Waals surface area contributed by atoms with Gasteiger partial charge in [-0.05, 0) is 24.3 Å². The summed E-state index contributed by atoms with van der Waals surface area (Å²) in [6, 6.07) is 7.71. The highest BCUT2D eigenvalue weighted by Crippen LogP contribution is 2.23. The molecule has 0 bridgehead atoms. The van der Waals surface area contributed by atoms with Gasteiger partial charge in [-0.15, -0.1) is 11.8 Å². The second-order valence-corrected chi connectivity index (χ2v) is 4.66. The predicted octanol–water partition coefficient (Wildman–Crippen LogP) is 3.00. The highest BCUT2D eigenvalue weighted by Gasteiger charge is 1.98. The van der Waals surface area contributed by atoms with Crippen molar-refractivity contribution in [2.45, 2.75) is 10.6 Å². The van der Waals surface area contributed by atoms with Gasteiger partial charge in [0.25, 0.3) is 0 Å². The maximum absolute atomic E-state index is 5.80. The topological polar surface area (TPSA) is 51.8 Å². The molecule has 1 aromatic heterocycles. The number of benzene rings is 1. The Kier molecular flexibility index (Phi) is 3.64. The van der Waals surface area contributed by atoms with Crippen molar-refractivity contribution in [3.8, 4) is 0 Å². The van der Waals surface area contributed by atoms with E-state index in [-0.39, 0.29) is 0 Å². The maximum atomic E-state index is 5.80. The number of hydrogen-bond acceptors (Lipinski definition) is 4. The predicted molar refractivity (Wildman–Crippen MR) is 67.5 cm³/mol. The summed E-state index contributed by atoms with van der Waals surface area (Å²) < 4.78 is 0. The first-order chi connectivity index (χ1) is 7.74. The summed E-state index contributed by atoms with van der Waals surface area (Å²) in [4.78, 5) is 9.32. The van der Waals surface area contributed by atoms with Gasteiger partial charge in [-0.25, -0.2) is 4.98 Å². The summed E-state index contributed by atoms with van der Waals surface area (Å²) in [5.74, 6) is 1.22. The molecule has 0 aliphatic carbocycles. The van der Waals surface area contributed by atoms with Gasteiger partial charge in [0.05, 0.1) is 18.1 Å². The van der Waals surface area contributed by atoms with E-state index in [4.69, 9.17) is 17.3 Å². The molecule has 1 heterocycles. The maximum Gasteiger partial charge on any atom is 0.141 e. The van der Waals surface area contributed by atoms with E-state index in [0.29, 0.717) is 5.82 Å². The van der Waals surface area contributed by atoms with Crippen LogP contribution in [0.15, 0.2) is 41.6 Å². The molecule has 82 valence electrons. The molecule has 0 aliphatic rings. The summed E-state index contributed by atoms with van der Waals surface area (Å²) in [6.07, 6.45) is 3.26. The SMILES string of the molecule is Nc1cnc(CSc2ccc(Cl)cc2)cn1. The summed E-state index contributed by atoms with van der Waals surface area (Å²) >= 11 is 7.49. The molecule has 16 heavy (non-hydrogen) atoms. The zero-order valence-electron chi connectivity index (χ0n) is 8.43. The van der Waals surface area contributed by atoms with Gasteiger partial charge in [-0.2, -0.15) is 0 Å². The summed E-state index contributed by atoms with van der Waals surface area (Å²) in [6.45, 7) is 0. The third-order valence-electron chi connectivity index (χ3n) is 1.93. The van der Waals surface area contributed by atoms with Crippen molar-refractivity contribution >= 4 is 29.2 Å². The number of thioether (sulfide) groups is 1. The smallest absolute Gasteiger partial charge is 0.141 e. The highest BCUT2D eigenvalue weighted by molar-refractivity contribution is 7.98. The third-order valence-corrected chi connectivity index (χ3v) is 3.22. The second-order valence-electron chi connectivity index (χ2n) is 3.18. The van der Waals surface area contributed by atoms with E-state index in [9.17, 15) is 0 Å². The number of halogens is 1. The fourth-order valence-electron chi connectivity index (χ4n) is 1.13. The number of rotatable bonds is 3. The Bertz CT molecular complexity index is 410. The van der Waals surface area contributed by atoms with Crippen LogP contribution in [-0.2, 0) is 5.75 Å². The van der Waals surface area contributed by atoms with E-state index in [0.717, 1.165) is 21.4 Å². The minimum absolute atomic E-state index is 0.445. The van der Waals surface area contributed by atoms with E-state index in [1.807, 2.05) is 24.3 Å². The van der Waals surface area contributed by atoms with Crippen LogP contribution in [0.5, 0.6) is 0 Å². The Labute approximate surface area is 103 Å². The average Bonchev–Trinajstić information content (AvgIpc) is 2.30. The monoisotopic (exact) mass is 251 g/mol. The number of nitrogens with zero attached hydrogens (tertiary/aromatic N) is 2. The molecule has 0 amide bonds. The summed E-state index contributed by atoms with van der Waals surface area (Å²) in [7, 11) is 0. The van der Waals surface area contributed by atoms with E-state index in [2.05, 4.69) is 9.97 Å². The molecule has 5 heteroatoms. The Morgan fingerprint density at radius 2 is 1.88 bits per heavy atom. The van der Waals surface area contributed by atoms with Crippen LogP contribution in [0.4, 0.5) is 5.82 Å². The lowest BCUT2D eigenvalue weighted by Gasteiger charge is -2.01. The van der Waals surface area contributed by atoms with Crippen LogP contribution in [0.2, 0.25) is 5.02 Å². The molecule has 0 saturated heterocycles. The lowest BCUT2D eigenvalue weighted by atomic mass is 10.4. The number of nitrogens with two attached hydrogens (primary N) is 1. The van der Waals surface area contributed by atoms with Crippen molar-refractivity contribution in [2.75, 3.05) is 5.73 Å². The Hall–Kier alpha value is -1.26. The van der Waals surface area contributed by atoms with Gasteiger partial charge in [-0.1, -0.05) is 11.6 Å². The standard InChI is InChI=1S/C11H10ClN3S/c12-8-1-3-10(4-2-8)16-7-9-5-15-11(13)6-14-9/h1-6H,7H2,(H2,13,15). The lowest BCUT2D eigenvalue weighted by Crippen LogP contribution is -1.94. The molecule has 0 unspecified atom stereocenters. The summed E-state index contributed by atoms with van der Waals surface area (Å²) in [5.41, 5.74) is 6.37. The van der Waals surface area contributed by atoms with Gasteiger partial charge in [-0.3, -0.25) is 4.98 Å². The first-order valence-corrected chi connectivity index (χ1v) is 6.05. The Morgan fingerprint density at radius 1 is 1.12 bits per heavy atom. The first-order valence-electron chi connectivity index (χ1n) is 4.69. The molecule has 0 aliphatic heterocycles. The molecule has 0 saturated carbocycles. The van der Waals surface area contributed by atoms with E-state index >= 15 is 0 Å². The van der Waals surface area contributed by atoms with Crippen LogP contribution in [0.1, 0.15) is 5.69 Å². The van der Waals surface area contributed by atoms with Crippen molar-refractivity contribution in [1.29, 1.82) is 0 Å². The van der Waals surface area contributed by atoms with Gasteiger partial charge in [0.1, 0.15) is 5.82 Å². The number of hydrogen-bond donors (Lipinski definition) is 1. The quantitative estimate of drug-likeness (QED) is 0.852. The van der Waals surface area contributed by atoms with Crippen molar-refractivity contribution < 1.29 is 0 Å². The third kappa shape index (κ3) is 3.12. The van der Waals surface area contributed by atoms with Gasteiger partial charge >= 0.3 is 0 Å². The molecule has 3 nitrogen and oxygen atoms in total. The van der Waals surface area contributed by atoms with Gasteiger partial charge < -0.3 is 5.73 Å². The highest BCUT2D eigenvalue weighted by atomic mass is 35.5. The average molecular weight is 252 g/mol. The fraction of sp³-hybridized carbons (Fsp3) is 0.0909. The fourth-order valence-corrected chi connectivity index (χ4v) is 2.05. The molecule has 0 fully saturated rings. The van der Waals surface area contributed by atoms with E-state index < -0.39 is 0 Å². The van der Waals surface area contributed by atoms with Gasteiger partial charge in [0.2, 0.25) is 0 Å². The van der Waals surface area contributed by atoms with Crippen molar-refractivity contribution in [3.63, 3.8) is 0 Å². The van der Waals surface area contributed by atoms with Crippen LogP contribution in [0.3, 0.4) is 0 Å². The van der Waals surface area contributed by atoms with Crippen LogP contribution in [0.25, 0.3) is 0 Å². The second kappa shape index (κ2) is 5.18. The zero-order valence-corrected chi connectivity index (χ0v) is 10.0. The molecule has 0 atom stereocenters. The Balaban J connectivity index is 1.97. The zero-order chi connectivity index (χ0) is 11.4. The summed E-state index contributed by atoms with van der Waals surface area (Å²) in [5, 5.41) is 0.747. The van der Waals surface area contributed by atoms with Crippen molar-refractivity contribution in [1.82, 2.24) is 9.97 Å². The first kappa shape index (κ1) is 11.2. The van der Waals surface area contributed by atoms with Crippen LogP contribution >= 0.6 is 23.4 Å². The van der Waals surface area contributed by atoms with Gasteiger partial charge in [0, 0.05) is 15.7 Å². The molecular formula is C11H10ClN3S. The van der Waals surface area contributed by atoms with Crippen LogP contribution in [0, 0.1) is 0 Å². The minimum atomic E-state index is 0.445. The number of nitrogen functional groups attached to an aromatic ring is 1. The van der Waals surface area contributed by atoms with E-state index in [1.165, 1.54) is 0 Å². The minimum Gasteiger partial charge on any atom is -0.382 e. The molecular weight excluding hydrogens is 242 g/mol. The normalized spacial score (nSPS) is 10.3. The Morgan fingerprint density at radius 3 is 2.50 bits per heavy atom. The molecule has 2 N–H and O–H groups in total. The lowest BCUT2D eigenvalue weighted by molar-refractivity contribution is 1.11. The van der Waals surface area contributed by atoms with Gasteiger partial charge in [0.15, 0.2) is 0 Å². The molecule has 2 aromatic rings.